The highest BCUT2D eigenvalue weighted by atomic mass is 35.5. The molecule has 1 heterocycles. The summed E-state index contributed by atoms with van der Waals surface area (Å²) in [5, 5.41) is 10.1. The van der Waals surface area contributed by atoms with Crippen molar-refractivity contribution < 1.29 is 18.3 Å². The van der Waals surface area contributed by atoms with Crippen molar-refractivity contribution in [2.75, 3.05) is 32.4 Å². The van der Waals surface area contributed by atoms with Crippen LogP contribution in [0, 0.1) is 0 Å². The van der Waals surface area contributed by atoms with Crippen LogP contribution in [0.4, 0.5) is 0 Å². The third kappa shape index (κ3) is 4.36. The molecule has 1 unspecified atom stereocenters. The topological polar surface area (TPSA) is 77.9 Å². The molecule has 2 rings (SSSR count). The van der Waals surface area contributed by atoms with Gasteiger partial charge in [-0.2, -0.15) is 0 Å². The van der Waals surface area contributed by atoms with Crippen LogP contribution in [0.15, 0.2) is 18.2 Å². The van der Waals surface area contributed by atoms with Crippen molar-refractivity contribution in [1.82, 2.24) is 9.21 Å². The SMILES string of the molecule is CS(=O)(=O)N1CCCN(C(C(=O)O)c2cccc(Cl)c2Cl)CC1. The normalized spacial score (nSPS) is 19.3. The number of hydrogen-bond acceptors (Lipinski definition) is 4. The van der Waals surface area contributed by atoms with Crippen molar-refractivity contribution >= 4 is 39.2 Å². The number of carboxylic acids is 1. The Morgan fingerprint density at radius 3 is 2.52 bits per heavy atom. The molecule has 9 heteroatoms. The maximum Gasteiger partial charge on any atom is 0.325 e. The van der Waals surface area contributed by atoms with E-state index in [4.69, 9.17) is 23.2 Å². The van der Waals surface area contributed by atoms with Gasteiger partial charge in [0.15, 0.2) is 0 Å². The standard InChI is InChI=1S/C14H18Cl2N2O4S/c1-23(21,22)18-7-3-6-17(8-9-18)13(14(19)20)10-4-2-5-11(15)12(10)16/h2,4-5,13H,3,6-9H2,1H3,(H,19,20). The molecule has 0 amide bonds. The van der Waals surface area contributed by atoms with Crippen LogP contribution in [0.5, 0.6) is 0 Å². The molecule has 0 aliphatic carbocycles. The Hall–Kier alpha value is -0.860. The van der Waals surface area contributed by atoms with Crippen LogP contribution in [0.2, 0.25) is 10.0 Å². The number of aliphatic carboxylic acids is 1. The molecule has 1 aromatic carbocycles. The summed E-state index contributed by atoms with van der Waals surface area (Å²) in [6.07, 6.45) is 1.71. The van der Waals surface area contributed by atoms with E-state index in [1.54, 1.807) is 23.1 Å². The Morgan fingerprint density at radius 1 is 1.22 bits per heavy atom. The maximum absolute atomic E-state index is 11.8. The lowest BCUT2D eigenvalue weighted by Gasteiger charge is -2.28. The Bertz CT molecular complexity index is 696. The van der Waals surface area contributed by atoms with Gasteiger partial charge in [0, 0.05) is 31.7 Å². The highest BCUT2D eigenvalue weighted by Gasteiger charge is 2.32. The smallest absolute Gasteiger partial charge is 0.325 e. The molecule has 1 aromatic rings. The lowest BCUT2D eigenvalue weighted by molar-refractivity contribution is -0.143. The van der Waals surface area contributed by atoms with Gasteiger partial charge in [0.25, 0.3) is 0 Å². The molecule has 1 aliphatic heterocycles. The first kappa shape index (κ1) is 18.5. The minimum Gasteiger partial charge on any atom is -0.480 e. The second-order valence-electron chi connectivity index (χ2n) is 5.44. The molecule has 0 spiro atoms. The van der Waals surface area contributed by atoms with Gasteiger partial charge in [-0.25, -0.2) is 12.7 Å². The summed E-state index contributed by atoms with van der Waals surface area (Å²) in [4.78, 5) is 13.5. The number of carboxylic acid groups (broad SMARTS) is 1. The summed E-state index contributed by atoms with van der Waals surface area (Å²) in [7, 11) is -3.29. The van der Waals surface area contributed by atoms with E-state index in [-0.39, 0.29) is 11.6 Å². The van der Waals surface area contributed by atoms with E-state index in [0.717, 1.165) is 6.26 Å². The zero-order valence-electron chi connectivity index (χ0n) is 12.6. The third-order valence-electron chi connectivity index (χ3n) is 3.83. The van der Waals surface area contributed by atoms with E-state index in [1.807, 2.05) is 0 Å². The van der Waals surface area contributed by atoms with Crippen LogP contribution in [0.3, 0.4) is 0 Å². The molecule has 23 heavy (non-hydrogen) atoms. The molecule has 6 nitrogen and oxygen atoms in total. The predicted octanol–water partition coefficient (Wildman–Crippen LogP) is 2.09. The fraction of sp³-hybridized carbons (Fsp3) is 0.500. The Balaban J connectivity index is 2.29. The zero-order chi connectivity index (χ0) is 17.2. The summed E-state index contributed by atoms with van der Waals surface area (Å²) < 4.78 is 24.7. The average molecular weight is 381 g/mol. The Kier molecular flexibility index (Phi) is 5.91. The van der Waals surface area contributed by atoms with Crippen molar-refractivity contribution in [1.29, 1.82) is 0 Å². The van der Waals surface area contributed by atoms with Crippen molar-refractivity contribution in [3.8, 4) is 0 Å². The van der Waals surface area contributed by atoms with E-state index in [1.165, 1.54) is 4.31 Å². The molecule has 128 valence electrons. The number of carbonyl (C=O) groups is 1. The van der Waals surface area contributed by atoms with Crippen molar-refractivity contribution in [3.05, 3.63) is 33.8 Å². The Labute approximate surface area is 145 Å². The third-order valence-corrected chi connectivity index (χ3v) is 5.97. The van der Waals surface area contributed by atoms with E-state index in [0.29, 0.717) is 36.6 Å². The molecule has 1 atom stereocenters. The first-order valence-electron chi connectivity index (χ1n) is 7.07. The van der Waals surface area contributed by atoms with Gasteiger partial charge in [-0.05, 0) is 12.5 Å². The molecule has 1 aliphatic rings. The van der Waals surface area contributed by atoms with Crippen LogP contribution < -0.4 is 0 Å². The van der Waals surface area contributed by atoms with Crippen LogP contribution in [-0.2, 0) is 14.8 Å². The second-order valence-corrected chi connectivity index (χ2v) is 8.20. The van der Waals surface area contributed by atoms with E-state index in [9.17, 15) is 18.3 Å². The first-order chi connectivity index (χ1) is 10.7. The number of rotatable bonds is 4. The van der Waals surface area contributed by atoms with Crippen LogP contribution in [-0.4, -0.2) is 61.1 Å². The lowest BCUT2D eigenvalue weighted by Crippen LogP contribution is -2.38. The van der Waals surface area contributed by atoms with Gasteiger partial charge in [0.1, 0.15) is 6.04 Å². The van der Waals surface area contributed by atoms with Crippen LogP contribution in [0.1, 0.15) is 18.0 Å². The number of benzene rings is 1. The van der Waals surface area contributed by atoms with E-state index in [2.05, 4.69) is 0 Å². The molecule has 0 aromatic heterocycles. The van der Waals surface area contributed by atoms with Crippen molar-refractivity contribution in [2.45, 2.75) is 12.5 Å². The lowest BCUT2D eigenvalue weighted by atomic mass is 10.0. The number of sulfonamides is 1. The fourth-order valence-electron chi connectivity index (χ4n) is 2.72. The van der Waals surface area contributed by atoms with Crippen molar-refractivity contribution in [3.63, 3.8) is 0 Å². The molecule has 1 fully saturated rings. The molecular weight excluding hydrogens is 363 g/mol. The summed E-state index contributed by atoms with van der Waals surface area (Å²) >= 11 is 12.2. The highest BCUT2D eigenvalue weighted by Crippen LogP contribution is 2.33. The van der Waals surface area contributed by atoms with Gasteiger partial charge in [-0.15, -0.1) is 0 Å². The predicted molar refractivity (Wildman–Crippen MR) is 89.4 cm³/mol. The quantitative estimate of drug-likeness (QED) is 0.864. The molecule has 1 saturated heterocycles. The van der Waals surface area contributed by atoms with Gasteiger partial charge in [0.05, 0.1) is 16.3 Å². The van der Waals surface area contributed by atoms with Gasteiger partial charge < -0.3 is 5.11 Å². The zero-order valence-corrected chi connectivity index (χ0v) is 14.9. The molecule has 0 radical (unpaired) electrons. The van der Waals surface area contributed by atoms with Gasteiger partial charge >= 0.3 is 5.97 Å². The largest absolute Gasteiger partial charge is 0.480 e. The first-order valence-corrected chi connectivity index (χ1v) is 9.68. The van der Waals surface area contributed by atoms with Crippen LogP contribution in [0.25, 0.3) is 0 Å². The maximum atomic E-state index is 11.8. The van der Waals surface area contributed by atoms with Gasteiger partial charge in [-0.1, -0.05) is 35.3 Å². The van der Waals surface area contributed by atoms with Gasteiger partial charge in [-0.3, -0.25) is 9.69 Å². The number of nitrogens with zero attached hydrogens (tertiary/aromatic N) is 2. The summed E-state index contributed by atoms with van der Waals surface area (Å²) in [6, 6.07) is 3.92. The minimum absolute atomic E-state index is 0.214. The number of hydrogen-bond donors (Lipinski definition) is 1. The summed E-state index contributed by atoms with van der Waals surface area (Å²) in [5.74, 6) is -1.04. The van der Waals surface area contributed by atoms with E-state index >= 15 is 0 Å². The molecule has 1 N–H and O–H groups in total. The fourth-order valence-corrected chi connectivity index (χ4v) is 4.01. The van der Waals surface area contributed by atoms with Gasteiger partial charge in [0.2, 0.25) is 10.0 Å². The minimum atomic E-state index is -3.29. The molecule has 0 bridgehead atoms. The second kappa shape index (κ2) is 7.36. The monoisotopic (exact) mass is 380 g/mol. The molecular formula is C14H18Cl2N2O4S. The molecule has 0 saturated carbocycles. The summed E-state index contributed by atoms with van der Waals surface area (Å²) in [5.41, 5.74) is 0.416. The van der Waals surface area contributed by atoms with Crippen LogP contribution >= 0.6 is 23.2 Å². The highest BCUT2D eigenvalue weighted by molar-refractivity contribution is 7.88. The Morgan fingerprint density at radius 2 is 1.91 bits per heavy atom. The van der Waals surface area contributed by atoms with E-state index < -0.39 is 22.0 Å². The van der Waals surface area contributed by atoms with Crippen molar-refractivity contribution in [2.24, 2.45) is 0 Å². The number of halogens is 2. The average Bonchev–Trinajstić information content (AvgIpc) is 2.69. The summed E-state index contributed by atoms with van der Waals surface area (Å²) in [6.45, 7) is 1.41.